The van der Waals surface area contributed by atoms with E-state index in [0.29, 0.717) is 0 Å². The minimum absolute atomic E-state index is 0. The van der Waals surface area contributed by atoms with Gasteiger partial charge in [0.1, 0.15) is 0 Å². The zero-order chi connectivity index (χ0) is 25.1. The fourth-order valence-electron chi connectivity index (χ4n) is 4.93. The van der Waals surface area contributed by atoms with Crippen LogP contribution < -0.4 is 21.3 Å². The smallest absolute Gasteiger partial charge is 0.381 e. The van der Waals surface area contributed by atoms with Crippen LogP contribution >= 0.6 is 0 Å². The van der Waals surface area contributed by atoms with Gasteiger partial charge in [0.25, 0.3) is 0 Å². The molecule has 0 atom stereocenters. The molecule has 4 aromatic carbocycles. The van der Waals surface area contributed by atoms with Crippen LogP contribution in [-0.2, 0) is 42.7 Å². The van der Waals surface area contributed by atoms with Crippen molar-refractivity contribution in [1.29, 1.82) is 0 Å². The summed E-state index contributed by atoms with van der Waals surface area (Å²) in [5.74, 6) is 0. The number of hydrogen-bond donors (Lipinski definition) is 4. The Hall–Kier alpha value is -3.43. The van der Waals surface area contributed by atoms with Crippen LogP contribution in [0.2, 0.25) is 0 Å². The van der Waals surface area contributed by atoms with E-state index in [2.05, 4.69) is 122 Å². The molecule has 0 aliphatic carbocycles. The van der Waals surface area contributed by atoms with Gasteiger partial charge >= 0.3 is 16.5 Å². The first-order valence-electron chi connectivity index (χ1n) is 12.8. The molecule has 0 fully saturated rings. The quantitative estimate of drug-likeness (QED) is 0.175. The first kappa shape index (κ1) is 26.6. The number of hydrogen-bond acceptors (Lipinski definition) is 4. The monoisotopic (exact) mass is 534 g/mol. The molecule has 0 aromatic heterocycles. The summed E-state index contributed by atoms with van der Waals surface area (Å²) in [6.07, 6.45) is 0. The van der Waals surface area contributed by atoms with Crippen molar-refractivity contribution in [3.05, 3.63) is 117 Å². The zero-order valence-electron chi connectivity index (χ0n) is 22.1. The van der Waals surface area contributed by atoms with E-state index in [0.717, 1.165) is 26.2 Å². The van der Waals surface area contributed by atoms with Gasteiger partial charge in [-0.25, -0.2) is 0 Å². The van der Waals surface area contributed by atoms with Gasteiger partial charge in [-0.2, -0.15) is 0 Å². The molecule has 2 aliphatic rings. The van der Waals surface area contributed by atoms with Gasteiger partial charge in [-0.05, 0) is 74.2 Å². The van der Waals surface area contributed by atoms with E-state index >= 15 is 0 Å². The van der Waals surface area contributed by atoms with E-state index in [1.165, 1.54) is 67.3 Å². The number of fused-ring (bicyclic) bond motifs is 4. The van der Waals surface area contributed by atoms with Gasteiger partial charge in [-0.1, -0.05) is 70.8 Å². The minimum atomic E-state index is 0. The van der Waals surface area contributed by atoms with Crippen molar-refractivity contribution in [2.75, 3.05) is 21.3 Å². The molecular weight excluding hydrogens is 499 g/mol. The topological polar surface area (TPSA) is 48.1 Å². The summed E-state index contributed by atoms with van der Waals surface area (Å²) in [4.78, 5) is 0. The van der Waals surface area contributed by atoms with Crippen LogP contribution in [0.5, 0.6) is 0 Å². The van der Waals surface area contributed by atoms with E-state index in [1.54, 1.807) is 0 Å². The van der Waals surface area contributed by atoms with Crippen LogP contribution in [0, 0.1) is 27.7 Å². The van der Waals surface area contributed by atoms with Gasteiger partial charge in [0.05, 0.1) is 0 Å². The van der Waals surface area contributed by atoms with Crippen molar-refractivity contribution in [2.24, 2.45) is 0 Å². The number of rotatable bonds is 0. The molecule has 0 bridgehead atoms. The Morgan fingerprint density at radius 1 is 0.378 bits per heavy atom. The predicted octanol–water partition coefficient (Wildman–Crippen LogP) is 7.68. The summed E-state index contributed by atoms with van der Waals surface area (Å²) in [6, 6.07) is 26.3. The molecule has 4 N–H and O–H groups in total. The van der Waals surface area contributed by atoms with Crippen molar-refractivity contribution < 1.29 is 16.5 Å². The molecule has 4 aromatic rings. The molecule has 0 saturated heterocycles. The third-order valence-corrected chi connectivity index (χ3v) is 6.92. The zero-order valence-corrected chi connectivity index (χ0v) is 23.1. The molecule has 0 spiro atoms. The van der Waals surface area contributed by atoms with Gasteiger partial charge in [-0.3, -0.25) is 0 Å². The standard InChI is InChI=1S/2C16H18N2.Ni/c2*1-11-3-5-15-13(7-11)9-17-16-6-4-12(2)8-14(16)10-18-15;/h2*3-8,17-18H,9-10H2,1-2H3;/q;;+2. The molecule has 0 unspecified atom stereocenters. The molecule has 5 heteroatoms. The van der Waals surface area contributed by atoms with Gasteiger partial charge in [0, 0.05) is 48.9 Å². The molecule has 2 aliphatic heterocycles. The molecule has 4 nitrogen and oxygen atoms in total. The average Bonchev–Trinajstić information content (AvgIpc) is 2.84. The molecule has 0 radical (unpaired) electrons. The average molecular weight is 535 g/mol. The Morgan fingerprint density at radius 2 is 0.595 bits per heavy atom. The normalized spacial score (nSPS) is 13.1. The van der Waals surface area contributed by atoms with Crippen LogP contribution in [0.25, 0.3) is 0 Å². The maximum absolute atomic E-state index is 3.54. The van der Waals surface area contributed by atoms with Gasteiger partial charge in [-0.15, -0.1) is 0 Å². The fourth-order valence-corrected chi connectivity index (χ4v) is 4.93. The Bertz CT molecular complexity index is 1180. The first-order valence-corrected chi connectivity index (χ1v) is 12.8. The second kappa shape index (κ2) is 11.7. The maximum Gasteiger partial charge on any atom is 2.00 e. The van der Waals surface area contributed by atoms with E-state index in [9.17, 15) is 0 Å². The number of anilines is 4. The first-order chi connectivity index (χ1) is 17.4. The van der Waals surface area contributed by atoms with Crippen LogP contribution in [-0.4, -0.2) is 0 Å². The van der Waals surface area contributed by atoms with Gasteiger partial charge in [0.15, 0.2) is 0 Å². The molecular formula is C32H36N4Ni+2. The Kier molecular flexibility index (Phi) is 8.46. The van der Waals surface area contributed by atoms with Crippen molar-refractivity contribution in [3.63, 3.8) is 0 Å². The van der Waals surface area contributed by atoms with E-state index in [1.807, 2.05) is 0 Å². The molecule has 0 amide bonds. The van der Waals surface area contributed by atoms with Crippen molar-refractivity contribution in [2.45, 2.75) is 53.9 Å². The number of nitrogens with one attached hydrogen (secondary N) is 4. The summed E-state index contributed by atoms with van der Waals surface area (Å²) in [5.41, 5.74) is 15.5. The summed E-state index contributed by atoms with van der Waals surface area (Å²) in [7, 11) is 0. The summed E-state index contributed by atoms with van der Waals surface area (Å²) < 4.78 is 0. The Morgan fingerprint density at radius 3 is 0.811 bits per heavy atom. The van der Waals surface area contributed by atoms with Crippen LogP contribution in [0.4, 0.5) is 22.7 Å². The van der Waals surface area contributed by atoms with Gasteiger partial charge in [0.2, 0.25) is 0 Å². The minimum Gasteiger partial charge on any atom is -0.381 e. The SMILES string of the molecule is Cc1ccc2c(c1)CNc1ccc(C)cc1CN2.Cc1ccc2c(c1)CNc1ccc(C)cc1CN2.[Ni+2]. The largest absolute Gasteiger partial charge is 2.00 e. The van der Waals surface area contributed by atoms with Crippen LogP contribution in [0.3, 0.4) is 0 Å². The Labute approximate surface area is 231 Å². The Balaban J connectivity index is 0.000000168. The predicted molar refractivity (Wildman–Crippen MR) is 154 cm³/mol. The molecule has 2 heterocycles. The van der Waals surface area contributed by atoms with Crippen molar-refractivity contribution in [1.82, 2.24) is 0 Å². The fraction of sp³-hybridized carbons (Fsp3) is 0.250. The summed E-state index contributed by atoms with van der Waals surface area (Å²) in [5, 5.41) is 14.1. The third kappa shape index (κ3) is 6.48. The van der Waals surface area contributed by atoms with E-state index in [-0.39, 0.29) is 16.5 Å². The molecule has 6 rings (SSSR count). The van der Waals surface area contributed by atoms with Crippen molar-refractivity contribution >= 4 is 22.7 Å². The second-order valence-electron chi connectivity index (χ2n) is 10.1. The molecule has 192 valence electrons. The van der Waals surface area contributed by atoms with Gasteiger partial charge < -0.3 is 21.3 Å². The van der Waals surface area contributed by atoms with E-state index < -0.39 is 0 Å². The number of aryl methyl sites for hydroxylation is 4. The number of benzene rings is 4. The summed E-state index contributed by atoms with van der Waals surface area (Å²) >= 11 is 0. The van der Waals surface area contributed by atoms with E-state index in [4.69, 9.17) is 0 Å². The molecule has 37 heavy (non-hydrogen) atoms. The van der Waals surface area contributed by atoms with Crippen LogP contribution in [0.15, 0.2) is 72.8 Å². The second-order valence-corrected chi connectivity index (χ2v) is 10.1. The third-order valence-electron chi connectivity index (χ3n) is 6.92. The maximum atomic E-state index is 3.54. The van der Waals surface area contributed by atoms with Crippen molar-refractivity contribution in [3.8, 4) is 0 Å². The summed E-state index contributed by atoms with van der Waals surface area (Å²) in [6.45, 7) is 12.0. The van der Waals surface area contributed by atoms with Crippen LogP contribution in [0.1, 0.15) is 44.5 Å². The molecule has 0 saturated carbocycles.